The average molecular weight is 450 g/mol. The van der Waals surface area contributed by atoms with E-state index in [2.05, 4.69) is 20.5 Å². The van der Waals surface area contributed by atoms with Gasteiger partial charge in [-0.2, -0.15) is 0 Å². The molecule has 2 N–H and O–H groups in total. The SMILES string of the molecule is C[C@@H](C(=O)Nc1ccc(OCC(C)(C)C)nn1)N1CCC(F)(F)[C@@H](c2ccc(=O)[nH]c2)C1. The molecular weight excluding hydrogens is 420 g/mol. The summed E-state index contributed by atoms with van der Waals surface area (Å²) >= 11 is 0. The van der Waals surface area contributed by atoms with E-state index in [1.807, 2.05) is 20.8 Å². The lowest BCUT2D eigenvalue weighted by atomic mass is 9.87. The molecule has 2 atom stereocenters. The first-order chi connectivity index (χ1) is 14.9. The molecule has 8 nitrogen and oxygen atoms in total. The normalized spacial score (nSPS) is 19.9. The average Bonchev–Trinajstić information content (AvgIpc) is 2.73. The summed E-state index contributed by atoms with van der Waals surface area (Å²) in [5.74, 6) is -3.81. The van der Waals surface area contributed by atoms with Gasteiger partial charge in [-0.1, -0.05) is 26.8 Å². The molecule has 1 aliphatic rings. The van der Waals surface area contributed by atoms with E-state index in [-0.39, 0.29) is 42.2 Å². The van der Waals surface area contributed by atoms with E-state index in [4.69, 9.17) is 4.74 Å². The fraction of sp³-hybridized carbons (Fsp3) is 0.545. The topological polar surface area (TPSA) is 100 Å². The highest BCUT2D eigenvalue weighted by molar-refractivity contribution is 5.93. The molecule has 0 spiro atoms. The van der Waals surface area contributed by atoms with Gasteiger partial charge >= 0.3 is 0 Å². The molecule has 0 aliphatic carbocycles. The molecule has 0 radical (unpaired) electrons. The second-order valence-corrected chi connectivity index (χ2v) is 9.32. The number of hydrogen-bond acceptors (Lipinski definition) is 6. The van der Waals surface area contributed by atoms with E-state index in [9.17, 15) is 18.4 Å². The predicted octanol–water partition coefficient (Wildman–Crippen LogP) is 3.04. The predicted molar refractivity (Wildman–Crippen MR) is 116 cm³/mol. The smallest absolute Gasteiger partial charge is 0.257 e. The van der Waals surface area contributed by atoms with Crippen LogP contribution in [0.5, 0.6) is 5.88 Å². The van der Waals surface area contributed by atoms with Crippen molar-refractivity contribution in [2.45, 2.75) is 52.0 Å². The van der Waals surface area contributed by atoms with Gasteiger partial charge in [0.25, 0.3) is 5.92 Å². The minimum atomic E-state index is -2.93. The number of nitrogens with zero attached hydrogens (tertiary/aromatic N) is 3. The molecule has 3 rings (SSSR count). The first-order valence-corrected chi connectivity index (χ1v) is 10.5. The molecule has 32 heavy (non-hydrogen) atoms. The van der Waals surface area contributed by atoms with E-state index < -0.39 is 17.9 Å². The molecular formula is C22H29F2N5O3. The third kappa shape index (κ3) is 6.09. The van der Waals surface area contributed by atoms with E-state index in [0.29, 0.717) is 18.1 Å². The largest absolute Gasteiger partial charge is 0.476 e. The Hall–Kier alpha value is -2.88. The van der Waals surface area contributed by atoms with Crippen molar-refractivity contribution in [1.29, 1.82) is 0 Å². The summed E-state index contributed by atoms with van der Waals surface area (Å²) in [7, 11) is 0. The van der Waals surface area contributed by atoms with Gasteiger partial charge in [0, 0.05) is 37.8 Å². The second-order valence-electron chi connectivity index (χ2n) is 9.32. The lowest BCUT2D eigenvalue weighted by Gasteiger charge is -2.40. The zero-order valence-electron chi connectivity index (χ0n) is 18.7. The van der Waals surface area contributed by atoms with Crippen LogP contribution >= 0.6 is 0 Å². The van der Waals surface area contributed by atoms with Crippen molar-refractivity contribution in [3.05, 3.63) is 46.4 Å². The number of halogens is 2. The van der Waals surface area contributed by atoms with Crippen LogP contribution < -0.4 is 15.6 Å². The van der Waals surface area contributed by atoms with Crippen molar-refractivity contribution >= 4 is 11.7 Å². The van der Waals surface area contributed by atoms with Crippen LogP contribution in [-0.4, -0.2) is 57.6 Å². The Morgan fingerprint density at radius 3 is 2.66 bits per heavy atom. The van der Waals surface area contributed by atoms with E-state index in [1.54, 1.807) is 24.0 Å². The third-order valence-electron chi connectivity index (χ3n) is 5.34. The van der Waals surface area contributed by atoms with Gasteiger partial charge in [0.15, 0.2) is 5.82 Å². The Morgan fingerprint density at radius 1 is 1.31 bits per heavy atom. The number of pyridine rings is 1. The van der Waals surface area contributed by atoms with E-state index >= 15 is 0 Å². The number of H-pyrrole nitrogens is 1. The third-order valence-corrected chi connectivity index (χ3v) is 5.34. The Bertz CT molecular complexity index is 968. The van der Waals surface area contributed by atoms with Gasteiger partial charge in [0.1, 0.15) is 0 Å². The van der Waals surface area contributed by atoms with Crippen LogP contribution in [-0.2, 0) is 4.79 Å². The first kappa shape index (κ1) is 23.8. The minimum absolute atomic E-state index is 0.0150. The fourth-order valence-electron chi connectivity index (χ4n) is 3.42. The van der Waals surface area contributed by atoms with Crippen LogP contribution in [0.4, 0.5) is 14.6 Å². The lowest BCUT2D eigenvalue weighted by Crippen LogP contribution is -2.52. The monoisotopic (exact) mass is 449 g/mol. The summed E-state index contributed by atoms with van der Waals surface area (Å²) in [5.41, 5.74) is -0.0423. The van der Waals surface area contributed by atoms with Crippen molar-refractivity contribution in [1.82, 2.24) is 20.1 Å². The molecule has 1 saturated heterocycles. The second kappa shape index (κ2) is 9.32. The quantitative estimate of drug-likeness (QED) is 0.703. The highest BCUT2D eigenvalue weighted by Crippen LogP contribution is 2.40. The zero-order valence-corrected chi connectivity index (χ0v) is 18.7. The van der Waals surface area contributed by atoms with Gasteiger partial charge in [0.2, 0.25) is 17.3 Å². The maximum atomic E-state index is 14.6. The van der Waals surface area contributed by atoms with Crippen molar-refractivity contribution in [2.24, 2.45) is 5.41 Å². The van der Waals surface area contributed by atoms with Crippen LogP contribution in [0.25, 0.3) is 0 Å². The number of hydrogen-bond donors (Lipinski definition) is 2. The van der Waals surface area contributed by atoms with Gasteiger partial charge in [-0.25, -0.2) is 8.78 Å². The number of aromatic nitrogens is 3. The molecule has 0 unspecified atom stereocenters. The fourth-order valence-corrected chi connectivity index (χ4v) is 3.42. The van der Waals surface area contributed by atoms with Gasteiger partial charge in [-0.05, 0) is 24.0 Å². The van der Waals surface area contributed by atoms with E-state index in [0.717, 1.165) is 0 Å². The van der Waals surface area contributed by atoms with Crippen LogP contribution in [0, 0.1) is 5.41 Å². The summed E-state index contributed by atoms with van der Waals surface area (Å²) in [6.07, 6.45) is 0.933. The van der Waals surface area contributed by atoms with Crippen molar-refractivity contribution in [3.63, 3.8) is 0 Å². The molecule has 2 aromatic rings. The number of nitrogens with one attached hydrogen (secondary N) is 2. The van der Waals surface area contributed by atoms with E-state index in [1.165, 1.54) is 18.3 Å². The summed E-state index contributed by atoms with van der Waals surface area (Å²) in [6.45, 7) is 8.31. The van der Waals surface area contributed by atoms with Gasteiger partial charge < -0.3 is 15.0 Å². The van der Waals surface area contributed by atoms with Crippen molar-refractivity contribution < 1.29 is 18.3 Å². The molecule has 2 aromatic heterocycles. The summed E-state index contributed by atoms with van der Waals surface area (Å²) < 4.78 is 34.7. The number of piperidine rings is 1. The minimum Gasteiger partial charge on any atom is -0.476 e. The Labute approximate surface area is 185 Å². The molecule has 10 heteroatoms. The number of rotatable bonds is 6. The van der Waals surface area contributed by atoms with Crippen LogP contribution in [0.2, 0.25) is 0 Å². The molecule has 1 fully saturated rings. The van der Waals surface area contributed by atoms with Gasteiger partial charge in [0.05, 0.1) is 18.6 Å². The molecule has 1 amide bonds. The molecule has 3 heterocycles. The number of amides is 1. The standard InChI is InChI=1S/C22H29F2N5O3/c1-14(20(31)26-17-6-8-19(28-27-17)32-13-21(2,3)4)29-10-9-22(23,24)16(12-29)15-5-7-18(30)25-11-15/h5-8,11,14,16H,9-10,12-13H2,1-4H3,(H,25,30)(H,26,27,31)/t14-,16+/m0/s1. The first-order valence-electron chi connectivity index (χ1n) is 10.5. The van der Waals surface area contributed by atoms with Gasteiger partial charge in [-0.15, -0.1) is 10.2 Å². The van der Waals surface area contributed by atoms with Gasteiger partial charge in [-0.3, -0.25) is 14.5 Å². The molecule has 0 saturated carbocycles. The maximum Gasteiger partial charge on any atom is 0.257 e. The summed E-state index contributed by atoms with van der Waals surface area (Å²) in [6, 6.07) is 5.18. The number of alkyl halides is 2. The highest BCUT2D eigenvalue weighted by atomic mass is 19.3. The zero-order chi connectivity index (χ0) is 23.5. The molecule has 1 aliphatic heterocycles. The Kier molecular flexibility index (Phi) is 6.92. The Morgan fingerprint density at radius 2 is 2.06 bits per heavy atom. The number of carbonyl (C=O) groups is 1. The summed E-state index contributed by atoms with van der Waals surface area (Å²) in [5, 5.41) is 10.6. The van der Waals surface area contributed by atoms with Crippen molar-refractivity contribution in [3.8, 4) is 5.88 Å². The molecule has 0 aromatic carbocycles. The lowest BCUT2D eigenvalue weighted by molar-refractivity contribution is -0.125. The highest BCUT2D eigenvalue weighted by Gasteiger charge is 2.46. The number of carbonyl (C=O) groups excluding carboxylic acids is 1. The molecule has 174 valence electrons. The van der Waals surface area contributed by atoms with Crippen molar-refractivity contribution in [2.75, 3.05) is 25.0 Å². The van der Waals surface area contributed by atoms with Crippen LogP contribution in [0.3, 0.4) is 0 Å². The van der Waals surface area contributed by atoms with Crippen LogP contribution in [0.15, 0.2) is 35.3 Å². The maximum absolute atomic E-state index is 14.6. The molecule has 0 bridgehead atoms. The number of likely N-dealkylation sites (tertiary alicyclic amines) is 1. The summed E-state index contributed by atoms with van der Waals surface area (Å²) in [4.78, 5) is 28.1. The number of ether oxygens (including phenoxy) is 1. The number of aromatic amines is 1. The number of anilines is 1. The Balaban J connectivity index is 1.62. The van der Waals surface area contributed by atoms with Crippen LogP contribution in [0.1, 0.15) is 45.6 Å².